The summed E-state index contributed by atoms with van der Waals surface area (Å²) in [5, 5.41) is 6.31. The fourth-order valence-corrected chi connectivity index (χ4v) is 1.55. The lowest BCUT2D eigenvalue weighted by Gasteiger charge is -2.07. The molecule has 0 radical (unpaired) electrons. The van der Waals surface area contributed by atoms with E-state index >= 15 is 0 Å². The van der Waals surface area contributed by atoms with E-state index in [2.05, 4.69) is 10.3 Å². The normalized spacial score (nSPS) is 11.6. The molecule has 0 saturated carbocycles. The Morgan fingerprint density at radius 1 is 1.22 bits per heavy atom. The standard InChI is InChI=1S/C11H8F3N3O/c1-7(18)17-9(8-5-3-2-4-6-8)10(15-16-17)11(12,13)14/h2-6H,1H3. The predicted octanol–water partition coefficient (Wildman–Crippen LogP) is 2.62. The van der Waals surface area contributed by atoms with Crippen LogP contribution in [0.2, 0.25) is 0 Å². The summed E-state index contributed by atoms with van der Waals surface area (Å²) in [6.07, 6.45) is -4.65. The third-order valence-corrected chi connectivity index (χ3v) is 2.28. The van der Waals surface area contributed by atoms with Crippen molar-refractivity contribution in [3.63, 3.8) is 0 Å². The van der Waals surface area contributed by atoms with Crippen molar-refractivity contribution < 1.29 is 18.0 Å². The van der Waals surface area contributed by atoms with E-state index in [4.69, 9.17) is 0 Å². The Morgan fingerprint density at radius 2 is 1.83 bits per heavy atom. The third-order valence-electron chi connectivity index (χ3n) is 2.28. The number of hydrogen-bond acceptors (Lipinski definition) is 3. The van der Waals surface area contributed by atoms with Crippen LogP contribution in [-0.2, 0) is 6.18 Å². The van der Waals surface area contributed by atoms with Crippen molar-refractivity contribution in [2.24, 2.45) is 0 Å². The van der Waals surface area contributed by atoms with E-state index in [1.165, 1.54) is 12.1 Å². The van der Waals surface area contributed by atoms with Gasteiger partial charge in [-0.15, -0.1) is 5.10 Å². The first-order valence-electron chi connectivity index (χ1n) is 5.00. The Balaban J connectivity index is 2.70. The number of carbonyl (C=O) groups is 1. The van der Waals surface area contributed by atoms with E-state index in [-0.39, 0.29) is 11.3 Å². The van der Waals surface area contributed by atoms with E-state index in [0.717, 1.165) is 6.92 Å². The van der Waals surface area contributed by atoms with Gasteiger partial charge in [0.15, 0.2) is 5.69 Å². The summed E-state index contributed by atoms with van der Waals surface area (Å²) < 4.78 is 39.0. The first-order chi connectivity index (χ1) is 8.41. The molecule has 0 unspecified atom stereocenters. The fourth-order valence-electron chi connectivity index (χ4n) is 1.55. The van der Waals surface area contributed by atoms with Gasteiger partial charge >= 0.3 is 6.18 Å². The number of alkyl halides is 3. The van der Waals surface area contributed by atoms with Crippen LogP contribution in [0.5, 0.6) is 0 Å². The summed E-state index contributed by atoms with van der Waals surface area (Å²) in [4.78, 5) is 11.3. The van der Waals surface area contributed by atoms with Gasteiger partial charge in [-0.3, -0.25) is 4.79 Å². The first-order valence-corrected chi connectivity index (χ1v) is 5.00. The SMILES string of the molecule is CC(=O)n1nnc(C(F)(F)F)c1-c1ccccc1. The van der Waals surface area contributed by atoms with Crippen LogP contribution in [0.4, 0.5) is 13.2 Å². The monoisotopic (exact) mass is 255 g/mol. The van der Waals surface area contributed by atoms with Crippen molar-refractivity contribution in [1.82, 2.24) is 15.0 Å². The average molecular weight is 255 g/mol. The summed E-state index contributed by atoms with van der Waals surface area (Å²) in [7, 11) is 0. The Bertz CT molecular complexity index is 575. The highest BCUT2D eigenvalue weighted by molar-refractivity contribution is 5.81. The zero-order valence-corrected chi connectivity index (χ0v) is 9.27. The van der Waals surface area contributed by atoms with E-state index in [0.29, 0.717) is 4.68 Å². The molecule has 18 heavy (non-hydrogen) atoms. The lowest BCUT2D eigenvalue weighted by Crippen LogP contribution is -2.12. The Labute approximate surface area is 100 Å². The second-order valence-corrected chi connectivity index (χ2v) is 3.58. The van der Waals surface area contributed by atoms with Gasteiger partial charge in [0.1, 0.15) is 5.69 Å². The van der Waals surface area contributed by atoms with Crippen LogP contribution in [0.1, 0.15) is 17.4 Å². The van der Waals surface area contributed by atoms with Crippen molar-refractivity contribution in [1.29, 1.82) is 0 Å². The van der Waals surface area contributed by atoms with Crippen LogP contribution in [0.15, 0.2) is 30.3 Å². The smallest absolute Gasteiger partial charge is 0.273 e. The maximum Gasteiger partial charge on any atom is 0.437 e. The number of aromatic nitrogens is 3. The highest BCUT2D eigenvalue weighted by Crippen LogP contribution is 2.35. The number of halogens is 3. The minimum Gasteiger partial charge on any atom is -0.273 e. The Morgan fingerprint density at radius 3 is 2.33 bits per heavy atom. The molecule has 2 aromatic rings. The Kier molecular flexibility index (Phi) is 2.90. The van der Waals surface area contributed by atoms with Crippen molar-refractivity contribution in [3.05, 3.63) is 36.0 Å². The maximum atomic E-state index is 12.8. The molecule has 1 aromatic carbocycles. The van der Waals surface area contributed by atoms with Gasteiger partial charge in [0, 0.05) is 12.5 Å². The van der Waals surface area contributed by atoms with Crippen LogP contribution in [0.25, 0.3) is 11.3 Å². The highest BCUT2D eigenvalue weighted by atomic mass is 19.4. The second kappa shape index (κ2) is 4.25. The molecule has 0 aliphatic rings. The number of nitrogens with zero attached hydrogens (tertiary/aromatic N) is 3. The molecular weight excluding hydrogens is 247 g/mol. The average Bonchev–Trinajstić information content (AvgIpc) is 2.74. The van der Waals surface area contributed by atoms with Crippen LogP contribution in [0, 0.1) is 0 Å². The van der Waals surface area contributed by atoms with E-state index in [1.807, 2.05) is 0 Å². The molecule has 0 bridgehead atoms. The van der Waals surface area contributed by atoms with Gasteiger partial charge in [-0.1, -0.05) is 35.5 Å². The molecule has 0 aliphatic heterocycles. The molecule has 0 atom stereocenters. The number of benzene rings is 1. The number of rotatable bonds is 1. The largest absolute Gasteiger partial charge is 0.437 e. The van der Waals surface area contributed by atoms with E-state index < -0.39 is 17.8 Å². The molecular formula is C11H8F3N3O. The van der Waals surface area contributed by atoms with Gasteiger partial charge in [0.05, 0.1) is 0 Å². The number of hydrogen-bond donors (Lipinski definition) is 0. The Hall–Kier alpha value is -2.18. The zero-order chi connectivity index (χ0) is 13.3. The van der Waals surface area contributed by atoms with Crippen molar-refractivity contribution in [2.45, 2.75) is 13.1 Å². The molecule has 4 nitrogen and oxygen atoms in total. The lowest BCUT2D eigenvalue weighted by molar-refractivity contribution is -0.140. The summed E-state index contributed by atoms with van der Waals surface area (Å²) in [5.74, 6) is -0.628. The summed E-state index contributed by atoms with van der Waals surface area (Å²) in [6.45, 7) is 1.13. The van der Waals surface area contributed by atoms with Gasteiger partial charge in [-0.2, -0.15) is 17.9 Å². The van der Waals surface area contributed by atoms with Gasteiger partial charge in [0.2, 0.25) is 5.91 Å². The lowest BCUT2D eigenvalue weighted by atomic mass is 10.1. The van der Waals surface area contributed by atoms with Crippen LogP contribution in [-0.4, -0.2) is 20.9 Å². The zero-order valence-electron chi connectivity index (χ0n) is 9.27. The van der Waals surface area contributed by atoms with Crippen molar-refractivity contribution in [2.75, 3.05) is 0 Å². The molecule has 94 valence electrons. The predicted molar refractivity (Wildman–Crippen MR) is 56.8 cm³/mol. The molecule has 7 heteroatoms. The molecule has 0 N–H and O–H groups in total. The topological polar surface area (TPSA) is 47.8 Å². The van der Waals surface area contributed by atoms with E-state index in [9.17, 15) is 18.0 Å². The molecule has 0 amide bonds. The van der Waals surface area contributed by atoms with Crippen LogP contribution < -0.4 is 0 Å². The quantitative estimate of drug-likeness (QED) is 0.787. The molecule has 0 saturated heterocycles. The van der Waals surface area contributed by atoms with Gasteiger partial charge < -0.3 is 0 Å². The molecule has 0 fully saturated rings. The summed E-state index contributed by atoms with van der Waals surface area (Å²) >= 11 is 0. The van der Waals surface area contributed by atoms with Crippen LogP contribution >= 0.6 is 0 Å². The third kappa shape index (κ3) is 2.11. The molecule has 0 spiro atoms. The van der Waals surface area contributed by atoms with Gasteiger partial charge in [-0.05, 0) is 0 Å². The van der Waals surface area contributed by atoms with Gasteiger partial charge in [-0.25, -0.2) is 0 Å². The van der Waals surface area contributed by atoms with Crippen LogP contribution in [0.3, 0.4) is 0 Å². The summed E-state index contributed by atoms with van der Waals surface area (Å²) in [6, 6.07) is 7.75. The molecule has 1 aromatic heterocycles. The minimum atomic E-state index is -4.65. The first kappa shape index (κ1) is 12.3. The molecule has 2 rings (SSSR count). The van der Waals surface area contributed by atoms with Crippen molar-refractivity contribution in [3.8, 4) is 11.3 Å². The maximum absolute atomic E-state index is 12.8. The van der Waals surface area contributed by atoms with Gasteiger partial charge in [0.25, 0.3) is 0 Å². The highest BCUT2D eigenvalue weighted by Gasteiger charge is 2.39. The number of carbonyl (C=O) groups excluding carboxylic acids is 1. The molecule has 0 aliphatic carbocycles. The fraction of sp³-hybridized carbons (Fsp3) is 0.182. The van der Waals surface area contributed by atoms with E-state index in [1.54, 1.807) is 18.2 Å². The summed E-state index contributed by atoms with van der Waals surface area (Å²) in [5.41, 5.74) is -1.26. The second-order valence-electron chi connectivity index (χ2n) is 3.58. The van der Waals surface area contributed by atoms with Crippen molar-refractivity contribution >= 4 is 5.91 Å². The molecule has 1 heterocycles. The minimum absolute atomic E-state index is 0.241.